The molecule has 1 aromatic carbocycles. The molecule has 0 saturated carbocycles. The number of amides is 1. The van der Waals surface area contributed by atoms with E-state index in [4.69, 9.17) is 0 Å². The lowest BCUT2D eigenvalue weighted by Crippen LogP contribution is -2.32. The Hall–Kier alpha value is -1.84. The van der Waals surface area contributed by atoms with E-state index in [1.165, 1.54) is 18.3 Å². The van der Waals surface area contributed by atoms with Crippen LogP contribution in [0.2, 0.25) is 0 Å². The molecule has 0 aliphatic rings. The van der Waals surface area contributed by atoms with E-state index >= 15 is 0 Å². The fourth-order valence-electron chi connectivity index (χ4n) is 3.10. The summed E-state index contributed by atoms with van der Waals surface area (Å²) in [5, 5.41) is 0. The molecule has 0 aliphatic heterocycles. The van der Waals surface area contributed by atoms with Gasteiger partial charge in [-0.1, -0.05) is 27.7 Å². The summed E-state index contributed by atoms with van der Waals surface area (Å²) in [5.41, 5.74) is 2.10. The van der Waals surface area contributed by atoms with E-state index in [1.54, 1.807) is 0 Å². The Balaban J connectivity index is 2.27. The fourth-order valence-corrected chi connectivity index (χ4v) is 5.40. The van der Waals surface area contributed by atoms with Gasteiger partial charge in [0.25, 0.3) is 10.0 Å². The molecular formula is C20H28FN3O3S2. The zero-order valence-electron chi connectivity index (χ0n) is 17.6. The average molecular weight is 442 g/mol. The van der Waals surface area contributed by atoms with Gasteiger partial charge in [0.05, 0.1) is 6.42 Å². The number of nitrogens with one attached hydrogen (secondary N) is 1. The third kappa shape index (κ3) is 6.07. The normalized spacial score (nSPS) is 12.2. The van der Waals surface area contributed by atoms with Crippen LogP contribution in [-0.4, -0.2) is 38.3 Å². The van der Waals surface area contributed by atoms with Gasteiger partial charge in [-0.05, 0) is 54.8 Å². The Kier molecular flexibility index (Phi) is 7.53. The Morgan fingerprint density at radius 2 is 1.72 bits per heavy atom. The van der Waals surface area contributed by atoms with Gasteiger partial charge in [0.1, 0.15) is 5.82 Å². The molecule has 0 saturated heterocycles. The van der Waals surface area contributed by atoms with Crippen LogP contribution >= 0.6 is 11.3 Å². The third-order valence-electron chi connectivity index (χ3n) is 4.35. The predicted molar refractivity (Wildman–Crippen MR) is 113 cm³/mol. The number of carbonyl (C=O) groups is 1. The van der Waals surface area contributed by atoms with E-state index < -0.39 is 15.9 Å². The van der Waals surface area contributed by atoms with Crippen LogP contribution in [0.15, 0.2) is 22.7 Å². The van der Waals surface area contributed by atoms with Gasteiger partial charge in [0, 0.05) is 17.6 Å². The molecule has 0 spiro atoms. The number of sulfonamides is 1. The highest BCUT2D eigenvalue weighted by Gasteiger charge is 2.24. The lowest BCUT2D eigenvalue weighted by molar-refractivity contribution is -0.118. The van der Waals surface area contributed by atoms with Crippen LogP contribution < -0.4 is 4.72 Å². The highest BCUT2D eigenvalue weighted by atomic mass is 32.2. The minimum Gasteiger partial charge on any atom is -0.304 e. The lowest BCUT2D eigenvalue weighted by Gasteiger charge is -2.19. The highest BCUT2D eigenvalue weighted by molar-refractivity contribution is 7.92. The molecule has 1 amide bonds. The van der Waals surface area contributed by atoms with E-state index in [0.29, 0.717) is 23.2 Å². The monoisotopic (exact) mass is 441 g/mol. The zero-order valence-corrected chi connectivity index (χ0v) is 19.2. The third-order valence-corrected chi connectivity index (χ3v) is 7.09. The second-order valence-corrected chi connectivity index (χ2v) is 10.9. The van der Waals surface area contributed by atoms with Crippen molar-refractivity contribution in [3.8, 4) is 0 Å². The summed E-state index contributed by atoms with van der Waals surface area (Å²) < 4.78 is 41.1. The maximum Gasteiger partial charge on any atom is 0.291 e. The van der Waals surface area contributed by atoms with Crippen molar-refractivity contribution in [1.82, 2.24) is 14.6 Å². The standard InChI is InChI=1S/C20H28FN3O3S2/c1-12(2)16-7-14(21)8-17(13(3)4)18(16)9-19(25)23-29(26,27)20-22-10-15(28-20)11-24(5)6/h7-8,10,12-13H,9,11H2,1-6H3,(H,23,25). The number of halogens is 1. The first-order chi connectivity index (χ1) is 13.4. The number of benzene rings is 1. The first-order valence-electron chi connectivity index (χ1n) is 9.38. The highest BCUT2D eigenvalue weighted by Crippen LogP contribution is 2.30. The maximum atomic E-state index is 14.0. The number of rotatable bonds is 8. The van der Waals surface area contributed by atoms with Crippen LogP contribution in [0.5, 0.6) is 0 Å². The van der Waals surface area contributed by atoms with Crippen molar-refractivity contribution in [2.75, 3.05) is 14.1 Å². The van der Waals surface area contributed by atoms with Crippen LogP contribution in [-0.2, 0) is 27.8 Å². The Morgan fingerprint density at radius 3 is 2.21 bits per heavy atom. The maximum absolute atomic E-state index is 14.0. The van der Waals surface area contributed by atoms with Crippen molar-refractivity contribution in [1.29, 1.82) is 0 Å². The molecule has 1 aromatic heterocycles. The second-order valence-electron chi connectivity index (χ2n) is 7.91. The number of aromatic nitrogens is 1. The van der Waals surface area contributed by atoms with Crippen molar-refractivity contribution >= 4 is 27.3 Å². The van der Waals surface area contributed by atoms with Crippen LogP contribution in [0.25, 0.3) is 0 Å². The summed E-state index contributed by atoms with van der Waals surface area (Å²) in [4.78, 5) is 19.2. The molecule has 0 bridgehead atoms. The first-order valence-corrected chi connectivity index (χ1v) is 11.7. The number of thiazole rings is 1. The molecule has 1 heterocycles. The van der Waals surface area contributed by atoms with Crippen LogP contribution in [0.1, 0.15) is 61.1 Å². The Bertz CT molecular complexity index is 954. The molecule has 0 fully saturated rings. The molecule has 0 unspecified atom stereocenters. The van der Waals surface area contributed by atoms with E-state index in [0.717, 1.165) is 16.2 Å². The van der Waals surface area contributed by atoms with E-state index in [2.05, 4.69) is 9.71 Å². The van der Waals surface area contributed by atoms with Crippen molar-refractivity contribution in [2.24, 2.45) is 0 Å². The molecule has 6 nitrogen and oxygen atoms in total. The van der Waals surface area contributed by atoms with E-state index in [1.807, 2.05) is 46.7 Å². The summed E-state index contributed by atoms with van der Waals surface area (Å²) >= 11 is 1.03. The quantitative estimate of drug-likeness (QED) is 0.677. The summed E-state index contributed by atoms with van der Waals surface area (Å²) in [7, 11) is -0.310. The summed E-state index contributed by atoms with van der Waals surface area (Å²) in [6.07, 6.45) is 1.36. The molecule has 0 aliphatic carbocycles. The molecule has 0 radical (unpaired) electrons. The molecule has 29 heavy (non-hydrogen) atoms. The van der Waals surface area contributed by atoms with Gasteiger partial charge in [0.2, 0.25) is 10.2 Å². The first kappa shape index (κ1) is 23.4. The van der Waals surface area contributed by atoms with E-state index in [-0.39, 0.29) is 28.4 Å². The van der Waals surface area contributed by atoms with Gasteiger partial charge in [-0.3, -0.25) is 4.79 Å². The molecule has 160 valence electrons. The van der Waals surface area contributed by atoms with Gasteiger partial charge in [-0.15, -0.1) is 11.3 Å². The van der Waals surface area contributed by atoms with Gasteiger partial charge in [-0.25, -0.2) is 14.1 Å². The largest absolute Gasteiger partial charge is 0.304 e. The zero-order chi connectivity index (χ0) is 21.9. The summed E-state index contributed by atoms with van der Waals surface area (Å²) in [6, 6.07) is 2.84. The molecule has 2 aromatic rings. The molecule has 1 N–H and O–H groups in total. The Labute approximate surface area is 176 Å². The second kappa shape index (κ2) is 9.32. The van der Waals surface area contributed by atoms with Gasteiger partial charge >= 0.3 is 0 Å². The summed E-state index contributed by atoms with van der Waals surface area (Å²) in [6.45, 7) is 8.22. The molecular weight excluding hydrogens is 413 g/mol. The number of hydrogen-bond donors (Lipinski definition) is 1. The average Bonchev–Trinajstić information content (AvgIpc) is 3.03. The topological polar surface area (TPSA) is 79.4 Å². The number of nitrogens with zero attached hydrogens (tertiary/aromatic N) is 2. The van der Waals surface area contributed by atoms with Gasteiger partial charge < -0.3 is 4.90 Å². The number of hydrogen-bond acceptors (Lipinski definition) is 6. The van der Waals surface area contributed by atoms with Crippen LogP contribution in [0, 0.1) is 5.82 Å². The minimum absolute atomic E-state index is 0.00448. The van der Waals surface area contributed by atoms with E-state index in [9.17, 15) is 17.6 Å². The predicted octanol–water partition coefficient (Wildman–Crippen LogP) is 3.64. The fraction of sp³-hybridized carbons (Fsp3) is 0.500. The Morgan fingerprint density at radius 1 is 1.17 bits per heavy atom. The number of carbonyl (C=O) groups excluding carboxylic acids is 1. The van der Waals surface area contributed by atoms with Crippen molar-refractivity contribution < 1.29 is 17.6 Å². The molecule has 2 rings (SSSR count). The summed E-state index contributed by atoms with van der Waals surface area (Å²) in [5.74, 6) is -1.03. The van der Waals surface area contributed by atoms with Gasteiger partial charge in [0.15, 0.2) is 0 Å². The SMILES string of the molecule is CC(C)c1cc(F)cc(C(C)C)c1CC(=O)NS(=O)(=O)c1ncc(CN(C)C)s1. The smallest absolute Gasteiger partial charge is 0.291 e. The lowest BCUT2D eigenvalue weighted by atomic mass is 9.87. The van der Waals surface area contributed by atoms with Crippen molar-refractivity contribution in [3.05, 3.63) is 45.7 Å². The van der Waals surface area contributed by atoms with Crippen molar-refractivity contribution in [2.45, 2.75) is 56.8 Å². The molecule has 0 atom stereocenters. The van der Waals surface area contributed by atoms with Crippen LogP contribution in [0.3, 0.4) is 0 Å². The van der Waals surface area contributed by atoms with Crippen LogP contribution in [0.4, 0.5) is 4.39 Å². The van der Waals surface area contributed by atoms with Gasteiger partial charge in [-0.2, -0.15) is 8.42 Å². The molecule has 9 heteroatoms. The minimum atomic E-state index is -4.05. The van der Waals surface area contributed by atoms with Crippen molar-refractivity contribution in [3.63, 3.8) is 0 Å².